The summed E-state index contributed by atoms with van der Waals surface area (Å²) in [5.41, 5.74) is 1.20. The summed E-state index contributed by atoms with van der Waals surface area (Å²) in [5.74, 6) is 1.33. The third-order valence-electron chi connectivity index (χ3n) is 4.81. The van der Waals surface area contributed by atoms with Crippen molar-refractivity contribution >= 4 is 43.7 Å². The van der Waals surface area contributed by atoms with Crippen LogP contribution in [0, 0.1) is 0 Å². The molecule has 0 radical (unpaired) electrons. The Kier molecular flexibility index (Phi) is 7.77. The highest BCUT2D eigenvalue weighted by Crippen LogP contribution is 2.28. The number of rotatable bonds is 6. The molecule has 6 nitrogen and oxygen atoms in total. The van der Waals surface area contributed by atoms with E-state index in [2.05, 4.69) is 31.9 Å². The van der Waals surface area contributed by atoms with Crippen molar-refractivity contribution in [2.24, 2.45) is 0 Å². The van der Waals surface area contributed by atoms with E-state index in [1.165, 1.54) is 0 Å². The highest BCUT2D eigenvalue weighted by atomic mass is 79.9. The number of carbonyl (C=O) groups is 2. The van der Waals surface area contributed by atoms with Crippen LogP contribution in [0.3, 0.4) is 0 Å². The summed E-state index contributed by atoms with van der Waals surface area (Å²) in [4.78, 5) is 29.3. The molecular formula is C22H24Br2N2O4. The molecule has 2 aromatic rings. The summed E-state index contributed by atoms with van der Waals surface area (Å²) in [6.45, 7) is 6.93. The number of amides is 2. The molecule has 1 saturated heterocycles. The van der Waals surface area contributed by atoms with Gasteiger partial charge in [-0.25, -0.2) is 0 Å². The first kappa shape index (κ1) is 22.6. The van der Waals surface area contributed by atoms with Crippen LogP contribution in [0.1, 0.15) is 34.6 Å². The van der Waals surface area contributed by atoms with E-state index in [0.717, 1.165) is 8.95 Å². The maximum absolute atomic E-state index is 12.9. The van der Waals surface area contributed by atoms with Gasteiger partial charge in [0.1, 0.15) is 11.5 Å². The standard InChI is InChI=1S/C22H24Br2N2O4/c1-3-29-19-7-5-15(13-17(19)23)21(27)25-9-11-26(12-10-25)22(28)16-6-8-20(30-4-2)18(24)14-16/h5-8,13-14H,3-4,9-12H2,1-2H3. The molecule has 1 aliphatic rings. The van der Waals surface area contributed by atoms with Gasteiger partial charge in [-0.2, -0.15) is 0 Å². The molecule has 1 fully saturated rings. The molecule has 0 unspecified atom stereocenters. The molecule has 2 aromatic carbocycles. The molecule has 1 aliphatic heterocycles. The Bertz CT molecular complexity index is 852. The van der Waals surface area contributed by atoms with Crippen molar-refractivity contribution in [1.82, 2.24) is 9.80 Å². The van der Waals surface area contributed by atoms with Crippen LogP contribution >= 0.6 is 31.9 Å². The number of piperazine rings is 1. The second-order valence-corrected chi connectivity index (χ2v) is 8.45. The number of carbonyl (C=O) groups excluding carboxylic acids is 2. The molecule has 2 amide bonds. The molecule has 1 heterocycles. The van der Waals surface area contributed by atoms with Crippen molar-refractivity contribution in [1.29, 1.82) is 0 Å². The summed E-state index contributed by atoms with van der Waals surface area (Å²) in [5, 5.41) is 0. The zero-order valence-corrected chi connectivity index (χ0v) is 20.2. The maximum atomic E-state index is 12.9. The molecule has 160 valence electrons. The van der Waals surface area contributed by atoms with Crippen molar-refractivity contribution in [3.8, 4) is 11.5 Å². The topological polar surface area (TPSA) is 59.1 Å². The molecule has 0 saturated carbocycles. The maximum Gasteiger partial charge on any atom is 0.254 e. The molecule has 0 spiro atoms. The fraction of sp³-hybridized carbons (Fsp3) is 0.364. The van der Waals surface area contributed by atoms with E-state index >= 15 is 0 Å². The minimum Gasteiger partial charge on any atom is -0.493 e. The predicted molar refractivity (Wildman–Crippen MR) is 122 cm³/mol. The van der Waals surface area contributed by atoms with Crippen LogP contribution < -0.4 is 9.47 Å². The van der Waals surface area contributed by atoms with Crippen LogP contribution in [0.25, 0.3) is 0 Å². The predicted octanol–water partition coefficient (Wildman–Crippen LogP) is 4.61. The third-order valence-corrected chi connectivity index (χ3v) is 6.05. The molecule has 0 bridgehead atoms. The van der Waals surface area contributed by atoms with Gasteiger partial charge in [-0.1, -0.05) is 0 Å². The lowest BCUT2D eigenvalue weighted by Gasteiger charge is -2.35. The molecule has 8 heteroatoms. The normalized spacial score (nSPS) is 13.9. The Labute approximate surface area is 193 Å². The van der Waals surface area contributed by atoms with Gasteiger partial charge in [0.15, 0.2) is 0 Å². The van der Waals surface area contributed by atoms with Crippen LogP contribution in [0.2, 0.25) is 0 Å². The van der Waals surface area contributed by atoms with E-state index in [1.807, 2.05) is 13.8 Å². The Balaban J connectivity index is 1.61. The van der Waals surface area contributed by atoms with Gasteiger partial charge >= 0.3 is 0 Å². The Morgan fingerprint density at radius 2 is 1.13 bits per heavy atom. The number of benzene rings is 2. The van der Waals surface area contributed by atoms with Gasteiger partial charge in [0.25, 0.3) is 11.8 Å². The van der Waals surface area contributed by atoms with E-state index < -0.39 is 0 Å². The molecule has 0 aromatic heterocycles. The quantitative estimate of drug-likeness (QED) is 0.538. The summed E-state index contributed by atoms with van der Waals surface area (Å²) >= 11 is 6.91. The average Bonchev–Trinajstić information content (AvgIpc) is 2.76. The van der Waals surface area contributed by atoms with E-state index in [-0.39, 0.29) is 11.8 Å². The van der Waals surface area contributed by atoms with Gasteiger partial charge in [-0.05, 0) is 82.1 Å². The zero-order chi connectivity index (χ0) is 21.7. The lowest BCUT2D eigenvalue weighted by atomic mass is 10.1. The minimum atomic E-state index is -0.0466. The molecular weight excluding hydrogens is 516 g/mol. The molecule has 3 rings (SSSR count). The Morgan fingerprint density at radius 1 is 0.767 bits per heavy atom. The fourth-order valence-electron chi connectivity index (χ4n) is 3.29. The minimum absolute atomic E-state index is 0.0466. The number of halogens is 2. The van der Waals surface area contributed by atoms with Crippen molar-refractivity contribution in [2.75, 3.05) is 39.4 Å². The average molecular weight is 540 g/mol. The second-order valence-electron chi connectivity index (χ2n) is 6.74. The van der Waals surface area contributed by atoms with Crippen LogP contribution in [0.5, 0.6) is 11.5 Å². The Hall–Kier alpha value is -2.06. The lowest BCUT2D eigenvalue weighted by molar-refractivity contribution is 0.0535. The smallest absolute Gasteiger partial charge is 0.254 e. The summed E-state index contributed by atoms with van der Waals surface area (Å²) in [6, 6.07) is 10.7. The molecule has 0 N–H and O–H groups in total. The van der Waals surface area contributed by atoms with Crippen LogP contribution in [0.4, 0.5) is 0 Å². The summed E-state index contributed by atoms with van der Waals surface area (Å²) < 4.78 is 12.5. The van der Waals surface area contributed by atoms with E-state index in [9.17, 15) is 9.59 Å². The monoisotopic (exact) mass is 538 g/mol. The van der Waals surface area contributed by atoms with Gasteiger partial charge < -0.3 is 19.3 Å². The first-order valence-electron chi connectivity index (χ1n) is 9.87. The molecule has 0 aliphatic carbocycles. The first-order valence-corrected chi connectivity index (χ1v) is 11.5. The van der Waals surface area contributed by atoms with Gasteiger partial charge in [-0.15, -0.1) is 0 Å². The summed E-state index contributed by atoms with van der Waals surface area (Å²) in [6.07, 6.45) is 0. The number of nitrogens with zero attached hydrogens (tertiary/aromatic N) is 2. The third kappa shape index (κ3) is 5.16. The number of hydrogen-bond donors (Lipinski definition) is 0. The van der Waals surface area contributed by atoms with Crippen molar-refractivity contribution in [3.05, 3.63) is 56.5 Å². The molecule has 30 heavy (non-hydrogen) atoms. The van der Waals surface area contributed by atoms with Crippen LogP contribution in [-0.2, 0) is 0 Å². The van der Waals surface area contributed by atoms with E-state index in [0.29, 0.717) is 62.0 Å². The van der Waals surface area contributed by atoms with E-state index in [1.54, 1.807) is 46.2 Å². The van der Waals surface area contributed by atoms with Crippen LogP contribution in [-0.4, -0.2) is 61.0 Å². The van der Waals surface area contributed by atoms with Gasteiger partial charge in [0.2, 0.25) is 0 Å². The largest absolute Gasteiger partial charge is 0.493 e. The van der Waals surface area contributed by atoms with E-state index in [4.69, 9.17) is 9.47 Å². The van der Waals surface area contributed by atoms with Crippen molar-refractivity contribution in [2.45, 2.75) is 13.8 Å². The first-order chi connectivity index (χ1) is 14.4. The van der Waals surface area contributed by atoms with Crippen molar-refractivity contribution < 1.29 is 19.1 Å². The van der Waals surface area contributed by atoms with Gasteiger partial charge in [0.05, 0.1) is 22.2 Å². The summed E-state index contributed by atoms with van der Waals surface area (Å²) in [7, 11) is 0. The highest BCUT2D eigenvalue weighted by molar-refractivity contribution is 9.10. The Morgan fingerprint density at radius 3 is 1.43 bits per heavy atom. The zero-order valence-electron chi connectivity index (χ0n) is 17.0. The lowest BCUT2D eigenvalue weighted by Crippen LogP contribution is -2.50. The van der Waals surface area contributed by atoms with Gasteiger partial charge in [0, 0.05) is 37.3 Å². The SMILES string of the molecule is CCOc1ccc(C(=O)N2CCN(C(=O)c3ccc(OCC)c(Br)c3)CC2)cc1Br. The number of ether oxygens (including phenoxy) is 2. The second kappa shape index (κ2) is 10.3. The highest BCUT2D eigenvalue weighted by Gasteiger charge is 2.26. The number of hydrogen-bond acceptors (Lipinski definition) is 4. The van der Waals surface area contributed by atoms with Crippen LogP contribution in [0.15, 0.2) is 45.3 Å². The fourth-order valence-corrected chi connectivity index (χ4v) is 4.28. The van der Waals surface area contributed by atoms with Gasteiger partial charge in [-0.3, -0.25) is 9.59 Å². The van der Waals surface area contributed by atoms with Crippen molar-refractivity contribution in [3.63, 3.8) is 0 Å². The molecule has 0 atom stereocenters.